The van der Waals surface area contributed by atoms with E-state index in [0.29, 0.717) is 6.42 Å². The van der Waals surface area contributed by atoms with Gasteiger partial charge in [0.05, 0.1) is 24.9 Å². The van der Waals surface area contributed by atoms with Crippen molar-refractivity contribution in [1.29, 1.82) is 0 Å². The van der Waals surface area contributed by atoms with Gasteiger partial charge in [0, 0.05) is 24.8 Å². The number of hydrogen-bond donors (Lipinski definition) is 4. The average molecular weight is 634 g/mol. The fraction of sp³-hybridized carbons (Fsp3) is 0.429. The first-order valence-electron chi connectivity index (χ1n) is 15.3. The largest absolute Gasteiger partial charge is 0.453 e. The van der Waals surface area contributed by atoms with E-state index in [1.165, 1.54) is 7.11 Å². The van der Waals surface area contributed by atoms with Crippen molar-refractivity contribution in [2.75, 3.05) is 13.7 Å². The molecule has 1 heterocycles. The van der Waals surface area contributed by atoms with Crippen molar-refractivity contribution in [2.45, 2.75) is 78.3 Å². The molecular weight excluding hydrogens is 586 g/mol. The number of aromatic nitrogens is 1. The van der Waals surface area contributed by atoms with Gasteiger partial charge in [-0.2, -0.15) is 0 Å². The van der Waals surface area contributed by atoms with Crippen LogP contribution >= 0.6 is 0 Å². The number of carbonyl (C=O) groups excluding carboxylic acids is 3. The number of nitrogens with one attached hydrogen (secondary N) is 3. The van der Waals surface area contributed by atoms with Gasteiger partial charge in [-0.1, -0.05) is 81.4 Å². The first kappa shape index (κ1) is 36.0. The lowest BCUT2D eigenvalue weighted by atomic mass is 9.85. The highest BCUT2D eigenvalue weighted by Gasteiger charge is 2.36. The number of carbonyl (C=O) groups is 3. The molecule has 0 spiro atoms. The molecule has 3 aromatic rings. The number of alkyl carbamates (subject to hydrolysis) is 1. The molecule has 3 atom stereocenters. The molecule has 11 heteroatoms. The van der Waals surface area contributed by atoms with Gasteiger partial charge in [-0.25, -0.2) is 14.6 Å². The van der Waals surface area contributed by atoms with Crippen LogP contribution in [-0.2, 0) is 27.2 Å². The van der Waals surface area contributed by atoms with Crippen LogP contribution in [0.2, 0.25) is 0 Å². The van der Waals surface area contributed by atoms with Crippen molar-refractivity contribution in [1.82, 2.24) is 26.1 Å². The maximum Gasteiger partial charge on any atom is 0.422 e. The minimum absolute atomic E-state index is 0.0520. The summed E-state index contributed by atoms with van der Waals surface area (Å²) in [5, 5.41) is 18.8. The highest BCUT2D eigenvalue weighted by molar-refractivity contribution is 5.86. The zero-order chi connectivity index (χ0) is 33.9. The Labute approximate surface area is 271 Å². The van der Waals surface area contributed by atoms with Gasteiger partial charge in [0.15, 0.2) is 0 Å². The average Bonchev–Trinajstić information content (AvgIpc) is 2.99. The normalized spacial score (nSPS) is 13.7. The van der Waals surface area contributed by atoms with Gasteiger partial charge in [-0.3, -0.25) is 15.2 Å². The van der Waals surface area contributed by atoms with E-state index in [2.05, 4.69) is 21.0 Å². The molecule has 11 nitrogen and oxygen atoms in total. The minimum atomic E-state index is -1.15. The highest BCUT2D eigenvalue weighted by Crippen LogP contribution is 2.21. The van der Waals surface area contributed by atoms with Crippen molar-refractivity contribution in [3.05, 3.63) is 90.1 Å². The molecule has 0 saturated carbocycles. The van der Waals surface area contributed by atoms with E-state index < -0.39 is 47.3 Å². The zero-order valence-electron chi connectivity index (χ0n) is 27.7. The molecule has 4 N–H and O–H groups in total. The van der Waals surface area contributed by atoms with Crippen LogP contribution in [0.25, 0.3) is 11.3 Å². The van der Waals surface area contributed by atoms with Gasteiger partial charge in [0.2, 0.25) is 5.91 Å². The highest BCUT2D eigenvalue weighted by atomic mass is 16.6. The smallest absolute Gasteiger partial charge is 0.422 e. The summed E-state index contributed by atoms with van der Waals surface area (Å²) in [6, 6.07) is 21.2. The van der Waals surface area contributed by atoms with E-state index in [0.717, 1.165) is 22.4 Å². The second kappa shape index (κ2) is 16.2. The third kappa shape index (κ3) is 11.8. The first-order valence-corrected chi connectivity index (χ1v) is 15.3. The number of ether oxygens (including phenoxy) is 2. The molecule has 0 fully saturated rings. The second-order valence-corrected chi connectivity index (χ2v) is 13.2. The van der Waals surface area contributed by atoms with E-state index in [1.54, 1.807) is 32.0 Å². The summed E-state index contributed by atoms with van der Waals surface area (Å²) in [6.45, 7) is 10.9. The number of methoxy groups -OCH3 is 1. The summed E-state index contributed by atoms with van der Waals surface area (Å²) in [4.78, 5) is 42.9. The maximum absolute atomic E-state index is 13.6. The molecule has 0 aliphatic heterocycles. The topological polar surface area (TPSA) is 142 Å². The minimum Gasteiger partial charge on any atom is -0.453 e. The summed E-state index contributed by atoms with van der Waals surface area (Å²) in [6.07, 6.45) is -0.537. The molecule has 0 aliphatic rings. The molecular formula is C35H47N5O6. The van der Waals surface area contributed by atoms with Gasteiger partial charge in [0.25, 0.3) is 0 Å². The molecule has 0 bridgehead atoms. The Hall–Kier alpha value is -4.48. The number of aliphatic hydroxyl groups is 1. The lowest BCUT2D eigenvalue weighted by molar-refractivity contribution is -0.127. The Kier molecular flexibility index (Phi) is 12.7. The van der Waals surface area contributed by atoms with E-state index >= 15 is 0 Å². The maximum atomic E-state index is 13.6. The van der Waals surface area contributed by atoms with Crippen molar-refractivity contribution in [3.63, 3.8) is 0 Å². The first-order chi connectivity index (χ1) is 21.6. The molecule has 0 aliphatic carbocycles. The molecule has 0 radical (unpaired) electrons. The number of aliphatic hydroxyl groups excluding tert-OH is 1. The van der Waals surface area contributed by atoms with Gasteiger partial charge in [-0.05, 0) is 55.9 Å². The Morgan fingerprint density at radius 3 is 2.07 bits per heavy atom. The van der Waals surface area contributed by atoms with E-state index in [4.69, 9.17) is 9.47 Å². The molecule has 0 saturated heterocycles. The quantitative estimate of drug-likeness (QED) is 0.208. The summed E-state index contributed by atoms with van der Waals surface area (Å²) in [5.74, 6) is -0.477. The second-order valence-electron chi connectivity index (χ2n) is 13.2. The molecule has 3 rings (SSSR count). The van der Waals surface area contributed by atoms with Gasteiger partial charge < -0.3 is 25.2 Å². The zero-order valence-corrected chi connectivity index (χ0v) is 27.7. The molecule has 1 unspecified atom stereocenters. The number of pyridine rings is 1. The van der Waals surface area contributed by atoms with E-state index in [1.807, 2.05) is 93.6 Å². The van der Waals surface area contributed by atoms with Gasteiger partial charge in [0.1, 0.15) is 11.6 Å². The summed E-state index contributed by atoms with van der Waals surface area (Å²) >= 11 is 0. The predicted octanol–water partition coefficient (Wildman–Crippen LogP) is 4.85. The molecule has 1 aromatic heterocycles. The van der Waals surface area contributed by atoms with E-state index in [9.17, 15) is 19.5 Å². The molecule has 2 aromatic carbocycles. The lowest BCUT2D eigenvalue weighted by Gasteiger charge is -2.34. The van der Waals surface area contributed by atoms with E-state index in [-0.39, 0.29) is 13.1 Å². The van der Waals surface area contributed by atoms with Crippen LogP contribution in [0.1, 0.15) is 52.7 Å². The van der Waals surface area contributed by atoms with Crippen LogP contribution in [-0.4, -0.2) is 70.6 Å². The Morgan fingerprint density at radius 1 is 0.848 bits per heavy atom. The number of amides is 3. The van der Waals surface area contributed by atoms with Crippen molar-refractivity contribution in [2.24, 2.45) is 5.41 Å². The van der Waals surface area contributed by atoms with Crippen LogP contribution in [0.15, 0.2) is 79.0 Å². The Morgan fingerprint density at radius 2 is 1.50 bits per heavy atom. The molecule has 3 amide bonds. The fourth-order valence-corrected chi connectivity index (χ4v) is 4.74. The third-order valence-corrected chi connectivity index (χ3v) is 7.01. The lowest BCUT2D eigenvalue weighted by Crippen LogP contribution is -2.59. The summed E-state index contributed by atoms with van der Waals surface area (Å²) in [5.41, 5.74) is 4.89. The van der Waals surface area contributed by atoms with Gasteiger partial charge in [-0.15, -0.1) is 0 Å². The number of benzene rings is 2. The van der Waals surface area contributed by atoms with Gasteiger partial charge >= 0.3 is 12.2 Å². The number of hydrogen-bond acceptors (Lipinski definition) is 8. The van der Waals surface area contributed by atoms with Crippen LogP contribution in [0.5, 0.6) is 0 Å². The van der Waals surface area contributed by atoms with Crippen molar-refractivity contribution >= 4 is 18.1 Å². The number of rotatable bonds is 12. The van der Waals surface area contributed by atoms with Crippen LogP contribution < -0.4 is 16.1 Å². The Balaban J connectivity index is 1.87. The van der Waals surface area contributed by atoms with Crippen LogP contribution in [0, 0.1) is 5.41 Å². The number of hydrazine groups is 1. The molecule has 46 heavy (non-hydrogen) atoms. The SMILES string of the molecule is COC(=O)N[C@H](C(=O)NC(Cc1ccccc1)[C@@H](O)CN(Cc1ccc(-c2ccccn2)cc1)NC(=O)OC(C)(C)C)C(C)(C)C. The Bertz CT molecular complexity index is 1410. The summed E-state index contributed by atoms with van der Waals surface area (Å²) in [7, 11) is 1.23. The van der Waals surface area contributed by atoms with Crippen LogP contribution in [0.4, 0.5) is 9.59 Å². The van der Waals surface area contributed by atoms with Crippen LogP contribution in [0.3, 0.4) is 0 Å². The molecule has 248 valence electrons. The summed E-state index contributed by atoms with van der Waals surface area (Å²) < 4.78 is 10.2. The monoisotopic (exact) mass is 633 g/mol. The fourth-order valence-electron chi connectivity index (χ4n) is 4.74. The standard InChI is InChI=1S/C35H47N5O6/c1-34(2,3)30(38-32(43)45-7)31(42)37-28(21-24-13-9-8-10-14-24)29(41)23-40(39-33(44)46-35(4,5)6)22-25-16-18-26(19-17-25)27-15-11-12-20-36-27/h8-20,28-30,41H,21-23H2,1-7H3,(H,37,42)(H,38,43)(H,39,44)/t28?,29-,30+/m0/s1. The van der Waals surface area contributed by atoms with Crippen molar-refractivity contribution in [3.8, 4) is 11.3 Å². The number of nitrogens with zero attached hydrogens (tertiary/aromatic N) is 2. The third-order valence-electron chi connectivity index (χ3n) is 7.01. The van der Waals surface area contributed by atoms with Crippen molar-refractivity contribution < 1.29 is 29.0 Å². The predicted molar refractivity (Wildman–Crippen MR) is 176 cm³/mol.